The van der Waals surface area contributed by atoms with Crippen molar-refractivity contribution in [2.45, 2.75) is 12.7 Å². The Morgan fingerprint density at radius 2 is 1.82 bits per heavy atom. The van der Waals surface area contributed by atoms with Crippen molar-refractivity contribution in [3.63, 3.8) is 0 Å². The van der Waals surface area contributed by atoms with E-state index < -0.39 is 11.7 Å². The summed E-state index contributed by atoms with van der Waals surface area (Å²) in [5.74, 6) is 0. The third kappa shape index (κ3) is 2.31. The number of imidazole rings is 1. The first-order chi connectivity index (χ1) is 8.02. The standard InChI is InChI=1S/C11H10F3N3/c12-11(13,14)8-1-3-9(4-2-8)17-7-16-6-10(17)5-15/h1-4,6-7H,5,15H2. The van der Waals surface area contributed by atoms with Gasteiger partial charge in [0.05, 0.1) is 17.6 Å². The number of aromatic nitrogens is 2. The van der Waals surface area contributed by atoms with Gasteiger partial charge in [0, 0.05) is 18.4 Å². The minimum Gasteiger partial charge on any atom is -0.325 e. The Labute approximate surface area is 95.7 Å². The summed E-state index contributed by atoms with van der Waals surface area (Å²) < 4.78 is 38.8. The average Bonchev–Trinajstić information content (AvgIpc) is 2.76. The number of alkyl halides is 3. The normalized spacial score (nSPS) is 11.8. The Kier molecular flexibility index (Phi) is 2.89. The summed E-state index contributed by atoms with van der Waals surface area (Å²) in [5, 5.41) is 0. The molecule has 2 rings (SSSR count). The van der Waals surface area contributed by atoms with Gasteiger partial charge in [0.15, 0.2) is 0 Å². The third-order valence-electron chi connectivity index (χ3n) is 2.40. The Bertz CT molecular complexity index is 499. The van der Waals surface area contributed by atoms with Crippen molar-refractivity contribution in [1.29, 1.82) is 0 Å². The van der Waals surface area contributed by atoms with Gasteiger partial charge in [0.25, 0.3) is 0 Å². The number of hydrogen-bond acceptors (Lipinski definition) is 2. The van der Waals surface area contributed by atoms with E-state index >= 15 is 0 Å². The van der Waals surface area contributed by atoms with Crippen LogP contribution < -0.4 is 5.73 Å². The fraction of sp³-hybridized carbons (Fsp3) is 0.182. The van der Waals surface area contributed by atoms with E-state index in [1.54, 1.807) is 10.8 Å². The molecule has 1 aromatic carbocycles. The summed E-state index contributed by atoms with van der Waals surface area (Å²) in [7, 11) is 0. The number of nitrogens with two attached hydrogens (primary N) is 1. The van der Waals surface area contributed by atoms with Gasteiger partial charge in [0.1, 0.15) is 0 Å². The fourth-order valence-electron chi connectivity index (χ4n) is 1.52. The summed E-state index contributed by atoms with van der Waals surface area (Å²) in [4.78, 5) is 3.90. The molecule has 0 radical (unpaired) electrons. The van der Waals surface area contributed by atoms with Crippen LogP contribution in [-0.2, 0) is 12.7 Å². The second-order valence-corrected chi connectivity index (χ2v) is 3.50. The summed E-state index contributed by atoms with van der Waals surface area (Å²) >= 11 is 0. The van der Waals surface area contributed by atoms with Crippen LogP contribution in [0.25, 0.3) is 5.69 Å². The number of benzene rings is 1. The van der Waals surface area contributed by atoms with Gasteiger partial charge in [-0.3, -0.25) is 0 Å². The first kappa shape index (κ1) is 11.7. The minimum absolute atomic E-state index is 0.279. The number of rotatable bonds is 2. The molecule has 0 unspecified atom stereocenters. The molecule has 0 aliphatic rings. The fourth-order valence-corrected chi connectivity index (χ4v) is 1.52. The zero-order chi connectivity index (χ0) is 12.5. The van der Waals surface area contributed by atoms with Crippen LogP contribution in [0.2, 0.25) is 0 Å². The topological polar surface area (TPSA) is 43.8 Å². The van der Waals surface area contributed by atoms with Gasteiger partial charge in [0.2, 0.25) is 0 Å². The predicted octanol–water partition coefficient (Wildman–Crippen LogP) is 2.35. The van der Waals surface area contributed by atoms with Crippen LogP contribution in [0.3, 0.4) is 0 Å². The van der Waals surface area contributed by atoms with Crippen molar-refractivity contribution in [1.82, 2.24) is 9.55 Å². The lowest BCUT2D eigenvalue weighted by Gasteiger charge is -2.09. The highest BCUT2D eigenvalue weighted by Crippen LogP contribution is 2.29. The molecule has 90 valence electrons. The average molecular weight is 241 g/mol. The van der Waals surface area contributed by atoms with Crippen molar-refractivity contribution in [3.8, 4) is 5.69 Å². The van der Waals surface area contributed by atoms with Gasteiger partial charge in [-0.05, 0) is 24.3 Å². The van der Waals surface area contributed by atoms with E-state index in [1.807, 2.05) is 0 Å². The predicted molar refractivity (Wildman–Crippen MR) is 56.5 cm³/mol. The molecule has 0 aliphatic heterocycles. The summed E-state index contributed by atoms with van der Waals surface area (Å²) in [5.41, 5.74) is 6.17. The van der Waals surface area contributed by atoms with Crippen LogP contribution >= 0.6 is 0 Å². The molecule has 0 aliphatic carbocycles. The van der Waals surface area contributed by atoms with Gasteiger partial charge < -0.3 is 10.3 Å². The highest BCUT2D eigenvalue weighted by Gasteiger charge is 2.29. The molecule has 0 atom stereocenters. The van der Waals surface area contributed by atoms with Crippen LogP contribution in [0.4, 0.5) is 13.2 Å². The number of halogens is 3. The SMILES string of the molecule is NCc1cncn1-c1ccc(C(F)(F)F)cc1. The lowest BCUT2D eigenvalue weighted by atomic mass is 10.2. The summed E-state index contributed by atoms with van der Waals surface area (Å²) in [6.07, 6.45) is -1.22. The summed E-state index contributed by atoms with van der Waals surface area (Å²) in [6.45, 7) is 0.279. The molecule has 1 aromatic heterocycles. The molecule has 0 fully saturated rings. The Morgan fingerprint density at radius 1 is 1.18 bits per heavy atom. The minimum atomic E-state index is -4.32. The van der Waals surface area contributed by atoms with E-state index in [9.17, 15) is 13.2 Å². The first-order valence-corrected chi connectivity index (χ1v) is 4.91. The monoisotopic (exact) mass is 241 g/mol. The van der Waals surface area contributed by atoms with Crippen LogP contribution in [0.15, 0.2) is 36.8 Å². The van der Waals surface area contributed by atoms with Crippen LogP contribution in [0.1, 0.15) is 11.3 Å². The molecule has 3 nitrogen and oxygen atoms in total. The van der Waals surface area contributed by atoms with Crippen molar-refractivity contribution >= 4 is 0 Å². The molecule has 0 amide bonds. The first-order valence-electron chi connectivity index (χ1n) is 4.91. The Balaban J connectivity index is 2.36. The molecule has 2 aromatic rings. The molecular formula is C11H10F3N3. The van der Waals surface area contributed by atoms with Gasteiger partial charge in [-0.25, -0.2) is 4.98 Å². The Morgan fingerprint density at radius 3 is 2.35 bits per heavy atom. The van der Waals surface area contributed by atoms with E-state index in [1.165, 1.54) is 18.5 Å². The third-order valence-corrected chi connectivity index (χ3v) is 2.40. The molecular weight excluding hydrogens is 231 g/mol. The smallest absolute Gasteiger partial charge is 0.325 e. The quantitative estimate of drug-likeness (QED) is 0.877. The highest BCUT2D eigenvalue weighted by atomic mass is 19.4. The van der Waals surface area contributed by atoms with Crippen LogP contribution in [-0.4, -0.2) is 9.55 Å². The number of hydrogen-bond donors (Lipinski definition) is 1. The highest BCUT2D eigenvalue weighted by molar-refractivity contribution is 5.37. The molecule has 0 bridgehead atoms. The molecule has 1 heterocycles. The van der Waals surface area contributed by atoms with E-state index in [-0.39, 0.29) is 6.54 Å². The van der Waals surface area contributed by atoms with Crippen LogP contribution in [0.5, 0.6) is 0 Å². The van der Waals surface area contributed by atoms with E-state index in [4.69, 9.17) is 5.73 Å². The molecule has 0 saturated heterocycles. The maximum atomic E-state index is 12.4. The lowest BCUT2D eigenvalue weighted by molar-refractivity contribution is -0.137. The van der Waals surface area contributed by atoms with Gasteiger partial charge >= 0.3 is 6.18 Å². The van der Waals surface area contributed by atoms with Crippen molar-refractivity contribution in [2.75, 3.05) is 0 Å². The lowest BCUT2D eigenvalue weighted by Crippen LogP contribution is -2.07. The maximum Gasteiger partial charge on any atom is 0.416 e. The van der Waals surface area contributed by atoms with Gasteiger partial charge in [-0.15, -0.1) is 0 Å². The summed E-state index contributed by atoms with van der Waals surface area (Å²) in [6, 6.07) is 4.86. The van der Waals surface area contributed by atoms with E-state index in [2.05, 4.69) is 4.98 Å². The van der Waals surface area contributed by atoms with Crippen molar-refractivity contribution in [3.05, 3.63) is 48.0 Å². The molecule has 0 spiro atoms. The van der Waals surface area contributed by atoms with E-state index in [0.29, 0.717) is 5.69 Å². The molecule has 2 N–H and O–H groups in total. The molecule has 17 heavy (non-hydrogen) atoms. The number of nitrogens with zero attached hydrogens (tertiary/aromatic N) is 2. The zero-order valence-electron chi connectivity index (χ0n) is 8.78. The molecule has 0 saturated carbocycles. The van der Waals surface area contributed by atoms with Crippen molar-refractivity contribution < 1.29 is 13.2 Å². The largest absolute Gasteiger partial charge is 0.416 e. The second-order valence-electron chi connectivity index (χ2n) is 3.50. The maximum absolute atomic E-state index is 12.4. The van der Waals surface area contributed by atoms with Gasteiger partial charge in [-0.1, -0.05) is 0 Å². The van der Waals surface area contributed by atoms with Crippen molar-refractivity contribution in [2.24, 2.45) is 5.73 Å². The Hall–Kier alpha value is -1.82. The van der Waals surface area contributed by atoms with E-state index in [0.717, 1.165) is 17.8 Å². The zero-order valence-corrected chi connectivity index (χ0v) is 8.78. The molecule has 6 heteroatoms. The van der Waals surface area contributed by atoms with Crippen LogP contribution in [0, 0.1) is 0 Å². The second kappa shape index (κ2) is 4.21. The van der Waals surface area contributed by atoms with Gasteiger partial charge in [-0.2, -0.15) is 13.2 Å².